The van der Waals surface area contributed by atoms with Gasteiger partial charge < -0.3 is 15.0 Å². The van der Waals surface area contributed by atoms with Gasteiger partial charge in [0.15, 0.2) is 0 Å². The van der Waals surface area contributed by atoms with Crippen molar-refractivity contribution in [3.05, 3.63) is 69.9 Å². The maximum atomic E-state index is 5.24. The van der Waals surface area contributed by atoms with Gasteiger partial charge in [-0.05, 0) is 60.7 Å². The molecule has 1 aliphatic carbocycles. The van der Waals surface area contributed by atoms with Gasteiger partial charge in [0.25, 0.3) is 0 Å². The maximum Gasteiger partial charge on any atom is 0.119 e. The van der Waals surface area contributed by atoms with Crippen molar-refractivity contribution >= 4 is 28.8 Å². The predicted molar refractivity (Wildman–Crippen MR) is 106 cm³/mol. The van der Waals surface area contributed by atoms with E-state index in [9.17, 15) is 0 Å². The minimum Gasteiger partial charge on any atom is -0.497 e. The van der Waals surface area contributed by atoms with E-state index < -0.39 is 0 Å². The van der Waals surface area contributed by atoms with Gasteiger partial charge in [-0.1, -0.05) is 12.2 Å². The van der Waals surface area contributed by atoms with Crippen molar-refractivity contribution in [2.24, 2.45) is 0 Å². The Morgan fingerprint density at radius 2 is 2.04 bits per heavy atom. The molecule has 126 valence electrons. The largest absolute Gasteiger partial charge is 0.497 e. The van der Waals surface area contributed by atoms with Crippen LogP contribution in [0.25, 0.3) is 23.0 Å². The number of H-pyrrole nitrogens is 1. The molecule has 25 heavy (non-hydrogen) atoms. The van der Waals surface area contributed by atoms with Crippen LogP contribution in [0.5, 0.6) is 5.75 Å². The first-order chi connectivity index (χ1) is 12.3. The lowest BCUT2D eigenvalue weighted by atomic mass is 10.1. The molecule has 2 heterocycles. The summed E-state index contributed by atoms with van der Waals surface area (Å²) in [5.74, 6) is 0.867. The van der Waals surface area contributed by atoms with Gasteiger partial charge in [0.2, 0.25) is 0 Å². The molecule has 0 amide bonds. The lowest BCUT2D eigenvalue weighted by molar-refractivity contribution is 0.415. The summed E-state index contributed by atoms with van der Waals surface area (Å²) in [6, 6.07) is 12.5. The Balaban J connectivity index is 1.79. The zero-order chi connectivity index (χ0) is 17.1. The summed E-state index contributed by atoms with van der Waals surface area (Å²) in [6.45, 7) is 0. The van der Waals surface area contributed by atoms with Crippen molar-refractivity contribution in [2.45, 2.75) is 12.8 Å². The molecular weight excluding hydrogens is 328 g/mol. The van der Waals surface area contributed by atoms with E-state index in [0.29, 0.717) is 0 Å². The topological polar surface area (TPSA) is 37.0 Å². The molecule has 2 N–H and O–H groups in total. The Hall–Kier alpha value is -2.72. The summed E-state index contributed by atoms with van der Waals surface area (Å²) in [4.78, 5) is 3.56. The predicted octanol–water partition coefficient (Wildman–Crippen LogP) is 4.10. The number of benzene rings is 1. The van der Waals surface area contributed by atoms with E-state index in [-0.39, 0.29) is 0 Å². The van der Waals surface area contributed by atoms with Gasteiger partial charge >= 0.3 is 0 Å². The van der Waals surface area contributed by atoms with Crippen LogP contribution in [0.1, 0.15) is 12.8 Å². The molecule has 1 aliphatic rings. The molecule has 3 aromatic rings. The minimum absolute atomic E-state index is 0.867. The summed E-state index contributed by atoms with van der Waals surface area (Å²) in [6.07, 6.45) is 8.50. The van der Waals surface area contributed by atoms with Crippen molar-refractivity contribution in [3.63, 3.8) is 0 Å². The monoisotopic (exact) mass is 348 g/mol. The third-order valence-corrected chi connectivity index (χ3v) is 5.03. The fraction of sp³-hybridized carbons (Fsp3) is 0.143. The lowest BCUT2D eigenvalue weighted by Gasteiger charge is -2.11. The van der Waals surface area contributed by atoms with Gasteiger partial charge in [-0.2, -0.15) is 11.3 Å². The Labute approximate surface area is 151 Å². The van der Waals surface area contributed by atoms with Crippen LogP contribution in [-0.2, 0) is 0 Å². The third kappa shape index (κ3) is 3.39. The quantitative estimate of drug-likeness (QED) is 0.745. The van der Waals surface area contributed by atoms with Gasteiger partial charge in [0.1, 0.15) is 5.75 Å². The summed E-state index contributed by atoms with van der Waals surface area (Å²) in [7, 11) is 1.69. The smallest absolute Gasteiger partial charge is 0.119 e. The van der Waals surface area contributed by atoms with Crippen molar-refractivity contribution in [3.8, 4) is 17.0 Å². The minimum atomic E-state index is 0.867. The fourth-order valence-corrected chi connectivity index (χ4v) is 3.68. The van der Waals surface area contributed by atoms with Gasteiger partial charge in [0, 0.05) is 38.6 Å². The summed E-state index contributed by atoms with van der Waals surface area (Å²) < 4.78 is 5.24. The van der Waals surface area contributed by atoms with Crippen LogP contribution in [-0.4, -0.2) is 12.1 Å². The van der Waals surface area contributed by atoms with Gasteiger partial charge in [-0.15, -0.1) is 0 Å². The molecule has 3 nitrogen and oxygen atoms in total. The molecule has 0 fully saturated rings. The van der Waals surface area contributed by atoms with E-state index in [0.717, 1.165) is 35.3 Å². The number of ether oxygens (including phenoxy) is 1. The molecule has 0 radical (unpaired) electrons. The molecule has 2 aromatic heterocycles. The highest BCUT2D eigenvalue weighted by Crippen LogP contribution is 2.20. The van der Waals surface area contributed by atoms with Crippen molar-refractivity contribution < 1.29 is 4.74 Å². The van der Waals surface area contributed by atoms with Crippen molar-refractivity contribution in [1.29, 1.82) is 0 Å². The average molecular weight is 348 g/mol. The summed E-state index contributed by atoms with van der Waals surface area (Å²) >= 11 is 1.72. The van der Waals surface area contributed by atoms with Gasteiger partial charge in [-0.25, -0.2) is 0 Å². The first-order valence-electron chi connectivity index (χ1n) is 8.36. The van der Waals surface area contributed by atoms with E-state index in [4.69, 9.17) is 4.74 Å². The Morgan fingerprint density at radius 1 is 1.16 bits per heavy atom. The highest BCUT2D eigenvalue weighted by Gasteiger charge is 2.07. The number of methoxy groups -OCH3 is 1. The van der Waals surface area contributed by atoms with Crippen LogP contribution in [0.15, 0.2) is 59.3 Å². The van der Waals surface area contributed by atoms with E-state index >= 15 is 0 Å². The van der Waals surface area contributed by atoms with Crippen LogP contribution in [0.2, 0.25) is 0 Å². The van der Waals surface area contributed by atoms with E-state index in [1.807, 2.05) is 12.1 Å². The number of hydrogen-bond acceptors (Lipinski definition) is 3. The first-order valence-corrected chi connectivity index (χ1v) is 9.30. The van der Waals surface area contributed by atoms with Gasteiger partial charge in [0.05, 0.1) is 7.11 Å². The number of allylic oxidation sites excluding steroid dienone is 2. The molecule has 0 aliphatic heterocycles. The van der Waals surface area contributed by atoms with Gasteiger partial charge in [-0.3, -0.25) is 0 Å². The molecule has 1 aromatic carbocycles. The highest BCUT2D eigenvalue weighted by molar-refractivity contribution is 7.08. The second-order valence-corrected chi connectivity index (χ2v) is 6.77. The summed E-state index contributed by atoms with van der Waals surface area (Å²) in [5, 5.41) is 10.3. The number of aromatic nitrogens is 1. The molecule has 0 spiro atoms. The zero-order valence-electron chi connectivity index (χ0n) is 14.1. The molecule has 0 atom stereocenters. The number of anilines is 1. The van der Waals surface area contributed by atoms with E-state index in [2.05, 4.69) is 63.6 Å². The lowest BCUT2D eigenvalue weighted by Crippen LogP contribution is -2.27. The van der Waals surface area contributed by atoms with E-state index in [1.54, 1.807) is 18.4 Å². The second kappa shape index (κ2) is 7.03. The number of thiophene rings is 1. The number of nitrogens with one attached hydrogen (secondary N) is 2. The number of fused-ring (bicyclic) bond motifs is 1. The fourth-order valence-electron chi connectivity index (χ4n) is 3.03. The Bertz CT molecular complexity index is 995. The van der Waals surface area contributed by atoms with Crippen molar-refractivity contribution in [2.75, 3.05) is 12.4 Å². The molecular formula is C21H20N2OS. The maximum absolute atomic E-state index is 5.24. The SMILES string of the molecule is COc1ccc(N\C2=c3/cc(-c4ccsc4)[nH]/c3=C/C=C\CC2)cc1. The van der Waals surface area contributed by atoms with Crippen LogP contribution in [0, 0.1) is 0 Å². The molecule has 0 saturated carbocycles. The standard InChI is InChI=1S/C21H20N2OS/c1-24-17-9-7-16(8-10-17)22-19-5-3-2-4-6-20-18(19)13-21(23-20)15-11-12-25-14-15/h2,4,6-14,22-23H,3,5H2,1H3/b4-2-,19-18+,20-6+. The Kier molecular flexibility index (Phi) is 4.44. The third-order valence-electron chi connectivity index (χ3n) is 4.35. The number of aromatic amines is 1. The van der Waals surface area contributed by atoms with Crippen LogP contribution < -0.4 is 20.6 Å². The average Bonchev–Trinajstić information content (AvgIpc) is 3.28. The number of rotatable bonds is 4. The molecule has 0 unspecified atom stereocenters. The molecule has 4 heteroatoms. The van der Waals surface area contributed by atoms with Crippen molar-refractivity contribution in [1.82, 2.24) is 4.98 Å². The Morgan fingerprint density at radius 3 is 2.80 bits per heavy atom. The molecule has 0 bridgehead atoms. The highest BCUT2D eigenvalue weighted by atomic mass is 32.1. The number of hydrogen-bond donors (Lipinski definition) is 2. The van der Waals surface area contributed by atoms with Crippen LogP contribution in [0.3, 0.4) is 0 Å². The molecule has 0 saturated heterocycles. The second-order valence-electron chi connectivity index (χ2n) is 5.99. The van der Waals surface area contributed by atoms with Crippen LogP contribution in [0.4, 0.5) is 5.69 Å². The van der Waals surface area contributed by atoms with E-state index in [1.165, 1.54) is 16.5 Å². The molecule has 4 rings (SSSR count). The van der Waals surface area contributed by atoms with Crippen LogP contribution >= 0.6 is 11.3 Å². The summed E-state index contributed by atoms with van der Waals surface area (Å²) in [5.41, 5.74) is 4.70. The normalized spacial score (nSPS) is 18.4. The zero-order valence-corrected chi connectivity index (χ0v) is 14.9. The first kappa shape index (κ1) is 15.8.